The van der Waals surface area contributed by atoms with Gasteiger partial charge in [0.25, 0.3) is 0 Å². The third kappa shape index (κ3) is 1.56. The van der Waals surface area contributed by atoms with Gasteiger partial charge in [-0.2, -0.15) is 0 Å². The summed E-state index contributed by atoms with van der Waals surface area (Å²) < 4.78 is 0. The van der Waals surface area contributed by atoms with Gasteiger partial charge in [0.2, 0.25) is 0 Å². The molecule has 0 spiro atoms. The molecule has 0 aliphatic carbocycles. The van der Waals surface area contributed by atoms with Gasteiger partial charge in [-0.05, 0) is 32.0 Å². The Kier molecular flexibility index (Phi) is 2.13. The summed E-state index contributed by atoms with van der Waals surface area (Å²) in [6.45, 7) is 5.62. The number of fused-ring (bicyclic) bond motifs is 1. The van der Waals surface area contributed by atoms with Crippen molar-refractivity contribution in [3.05, 3.63) is 34.9 Å². The van der Waals surface area contributed by atoms with E-state index in [0.717, 1.165) is 12.1 Å². The highest BCUT2D eigenvalue weighted by Gasteiger charge is 2.31. The highest BCUT2D eigenvalue weighted by atomic mass is 16.3. The lowest BCUT2D eigenvalue weighted by atomic mass is 9.86. The van der Waals surface area contributed by atoms with E-state index in [1.54, 1.807) is 0 Å². The van der Waals surface area contributed by atoms with E-state index in [9.17, 15) is 5.11 Å². The van der Waals surface area contributed by atoms with E-state index in [1.165, 1.54) is 11.1 Å². The molecule has 1 aliphatic heterocycles. The Balaban J connectivity index is 2.52. The zero-order valence-corrected chi connectivity index (χ0v) is 9.04. The highest BCUT2D eigenvalue weighted by molar-refractivity contribution is 5.37. The lowest BCUT2D eigenvalue weighted by Gasteiger charge is -2.36. The molecule has 14 heavy (non-hydrogen) atoms. The topological polar surface area (TPSA) is 23.5 Å². The molecule has 1 aromatic rings. The molecular weight excluding hydrogens is 174 g/mol. The number of aliphatic hydroxyl groups is 1. The average Bonchev–Trinajstić information content (AvgIpc) is 2.00. The second-order valence-corrected chi connectivity index (χ2v) is 4.61. The number of aryl methyl sites for hydroxylation is 1. The van der Waals surface area contributed by atoms with Crippen molar-refractivity contribution in [3.63, 3.8) is 0 Å². The van der Waals surface area contributed by atoms with Crippen LogP contribution in [0.2, 0.25) is 0 Å². The molecule has 0 saturated carbocycles. The number of likely N-dealkylation sites (N-methyl/N-ethyl adjacent to an activating group) is 1. The molecule has 0 aromatic heterocycles. The molecule has 1 N–H and O–H groups in total. The summed E-state index contributed by atoms with van der Waals surface area (Å²) in [5, 5.41) is 10.2. The predicted molar refractivity (Wildman–Crippen MR) is 57.1 cm³/mol. The van der Waals surface area contributed by atoms with E-state index >= 15 is 0 Å². The summed E-state index contributed by atoms with van der Waals surface area (Å²) in [6, 6.07) is 6.29. The molecule has 0 amide bonds. The Labute approximate surface area is 85.2 Å². The molecule has 2 nitrogen and oxygen atoms in total. The Morgan fingerprint density at radius 2 is 2.14 bits per heavy atom. The van der Waals surface area contributed by atoms with E-state index in [2.05, 4.69) is 30.0 Å². The van der Waals surface area contributed by atoms with Crippen LogP contribution in [0.25, 0.3) is 0 Å². The van der Waals surface area contributed by atoms with Crippen molar-refractivity contribution in [2.24, 2.45) is 0 Å². The SMILES string of the molecule is Cc1ccc2c(c1)CN(C)CC2(C)O. The van der Waals surface area contributed by atoms with Gasteiger partial charge >= 0.3 is 0 Å². The lowest BCUT2D eigenvalue weighted by Crippen LogP contribution is -2.41. The van der Waals surface area contributed by atoms with Crippen LogP contribution >= 0.6 is 0 Å². The number of rotatable bonds is 0. The normalized spacial score (nSPS) is 27.4. The summed E-state index contributed by atoms with van der Waals surface area (Å²) in [5.74, 6) is 0. The molecule has 0 fully saturated rings. The van der Waals surface area contributed by atoms with Crippen LogP contribution in [0, 0.1) is 6.92 Å². The molecule has 0 saturated heterocycles. The molecule has 1 atom stereocenters. The molecule has 0 radical (unpaired) electrons. The number of benzene rings is 1. The van der Waals surface area contributed by atoms with Crippen LogP contribution < -0.4 is 0 Å². The third-order valence-corrected chi connectivity index (χ3v) is 2.86. The molecule has 2 heteroatoms. The molecular formula is C12H17NO. The number of β-amino-alcohol motifs (C(OH)–C–C–N with tert-alkyl or cyclic N) is 1. The summed E-state index contributed by atoms with van der Waals surface area (Å²) >= 11 is 0. The van der Waals surface area contributed by atoms with Crippen LogP contribution in [0.5, 0.6) is 0 Å². The minimum Gasteiger partial charge on any atom is -0.384 e. The molecule has 76 valence electrons. The molecule has 2 rings (SSSR count). The fraction of sp³-hybridized carbons (Fsp3) is 0.500. The zero-order chi connectivity index (χ0) is 10.3. The maximum absolute atomic E-state index is 10.2. The van der Waals surface area contributed by atoms with Gasteiger partial charge < -0.3 is 5.11 Å². The second-order valence-electron chi connectivity index (χ2n) is 4.61. The van der Waals surface area contributed by atoms with Crippen molar-refractivity contribution in [2.45, 2.75) is 26.0 Å². The van der Waals surface area contributed by atoms with Gasteiger partial charge in [0, 0.05) is 13.1 Å². The van der Waals surface area contributed by atoms with Gasteiger partial charge in [-0.15, -0.1) is 0 Å². The molecule has 1 aromatic carbocycles. The maximum Gasteiger partial charge on any atom is 0.0997 e. The Morgan fingerprint density at radius 3 is 2.86 bits per heavy atom. The highest BCUT2D eigenvalue weighted by Crippen LogP contribution is 2.31. The van der Waals surface area contributed by atoms with Crippen LogP contribution in [-0.2, 0) is 12.1 Å². The molecule has 1 heterocycles. The summed E-state index contributed by atoms with van der Waals surface area (Å²) in [4.78, 5) is 2.15. The standard InChI is InChI=1S/C12H17NO/c1-9-4-5-11-10(6-9)7-13(3)8-12(11,2)14/h4-6,14H,7-8H2,1-3H3. The molecule has 0 bridgehead atoms. The van der Waals surface area contributed by atoms with Gasteiger partial charge in [0.1, 0.15) is 0 Å². The van der Waals surface area contributed by atoms with Gasteiger partial charge in [-0.3, -0.25) is 4.90 Å². The van der Waals surface area contributed by atoms with E-state index in [0.29, 0.717) is 6.54 Å². The van der Waals surface area contributed by atoms with Crippen LogP contribution in [0.4, 0.5) is 0 Å². The van der Waals surface area contributed by atoms with Crippen molar-refractivity contribution >= 4 is 0 Å². The van der Waals surface area contributed by atoms with Crippen LogP contribution in [0.1, 0.15) is 23.6 Å². The van der Waals surface area contributed by atoms with Crippen molar-refractivity contribution in [2.75, 3.05) is 13.6 Å². The van der Waals surface area contributed by atoms with Gasteiger partial charge in [-0.1, -0.05) is 23.8 Å². The average molecular weight is 191 g/mol. The minimum absolute atomic E-state index is 0.698. The smallest absolute Gasteiger partial charge is 0.0997 e. The number of nitrogens with zero attached hydrogens (tertiary/aromatic N) is 1. The Morgan fingerprint density at radius 1 is 1.43 bits per heavy atom. The van der Waals surface area contributed by atoms with Gasteiger partial charge in [-0.25, -0.2) is 0 Å². The van der Waals surface area contributed by atoms with Crippen molar-refractivity contribution < 1.29 is 5.11 Å². The largest absolute Gasteiger partial charge is 0.384 e. The molecule has 1 aliphatic rings. The first-order chi connectivity index (χ1) is 6.49. The monoisotopic (exact) mass is 191 g/mol. The van der Waals surface area contributed by atoms with Gasteiger partial charge in [0.05, 0.1) is 5.60 Å². The fourth-order valence-corrected chi connectivity index (χ4v) is 2.34. The predicted octanol–water partition coefficient (Wildman–Crippen LogP) is 1.65. The number of hydrogen-bond acceptors (Lipinski definition) is 2. The number of hydrogen-bond donors (Lipinski definition) is 1. The van der Waals surface area contributed by atoms with Crippen LogP contribution in [-0.4, -0.2) is 23.6 Å². The quantitative estimate of drug-likeness (QED) is 0.674. The Bertz CT molecular complexity index is 357. The Hall–Kier alpha value is -0.860. The first-order valence-electron chi connectivity index (χ1n) is 5.00. The van der Waals surface area contributed by atoms with Gasteiger partial charge in [0.15, 0.2) is 0 Å². The third-order valence-electron chi connectivity index (χ3n) is 2.86. The van der Waals surface area contributed by atoms with Crippen LogP contribution in [0.3, 0.4) is 0 Å². The van der Waals surface area contributed by atoms with E-state index < -0.39 is 5.60 Å². The summed E-state index contributed by atoms with van der Waals surface area (Å²) in [6.07, 6.45) is 0. The molecule has 1 unspecified atom stereocenters. The second kappa shape index (κ2) is 3.07. The van der Waals surface area contributed by atoms with E-state index in [1.807, 2.05) is 14.0 Å². The summed E-state index contributed by atoms with van der Waals surface area (Å²) in [7, 11) is 2.04. The van der Waals surface area contributed by atoms with Crippen molar-refractivity contribution in [1.29, 1.82) is 0 Å². The van der Waals surface area contributed by atoms with Crippen molar-refractivity contribution in [3.8, 4) is 0 Å². The maximum atomic E-state index is 10.2. The van der Waals surface area contributed by atoms with Crippen molar-refractivity contribution in [1.82, 2.24) is 4.90 Å². The first-order valence-corrected chi connectivity index (χ1v) is 5.00. The lowest BCUT2D eigenvalue weighted by molar-refractivity contribution is 0.00844. The minimum atomic E-state index is -0.698. The first kappa shape index (κ1) is 9.69. The zero-order valence-electron chi connectivity index (χ0n) is 9.04. The van der Waals surface area contributed by atoms with Crippen LogP contribution in [0.15, 0.2) is 18.2 Å². The van der Waals surface area contributed by atoms with E-state index in [-0.39, 0.29) is 0 Å². The fourth-order valence-electron chi connectivity index (χ4n) is 2.34. The van der Waals surface area contributed by atoms with E-state index in [4.69, 9.17) is 0 Å². The summed E-state index contributed by atoms with van der Waals surface area (Å²) in [5.41, 5.74) is 2.90.